The van der Waals surface area contributed by atoms with Gasteiger partial charge in [-0.25, -0.2) is 4.99 Å². The summed E-state index contributed by atoms with van der Waals surface area (Å²) in [6.07, 6.45) is 2.44. The number of fused-ring (bicyclic) bond motifs is 3. The number of ketones is 1. The molecule has 6 heteroatoms. The second-order valence-corrected chi connectivity index (χ2v) is 6.65. The van der Waals surface area contributed by atoms with Crippen molar-refractivity contribution in [2.24, 2.45) is 4.99 Å². The van der Waals surface area contributed by atoms with E-state index in [2.05, 4.69) is 4.99 Å². The lowest BCUT2D eigenvalue weighted by Crippen LogP contribution is -2.49. The van der Waals surface area contributed by atoms with Gasteiger partial charge in [-0.15, -0.1) is 0 Å². The Bertz CT molecular complexity index is 968. The van der Waals surface area contributed by atoms with Crippen molar-refractivity contribution >= 4 is 23.6 Å². The van der Waals surface area contributed by atoms with Gasteiger partial charge in [0, 0.05) is 24.0 Å². The van der Waals surface area contributed by atoms with Crippen LogP contribution in [-0.2, 0) is 15.3 Å². The molecule has 0 aliphatic carbocycles. The van der Waals surface area contributed by atoms with E-state index in [1.807, 2.05) is 6.07 Å². The number of para-hydroxylation sites is 1. The lowest BCUT2D eigenvalue weighted by Gasteiger charge is -2.33. The summed E-state index contributed by atoms with van der Waals surface area (Å²) in [6, 6.07) is 14.2. The van der Waals surface area contributed by atoms with Gasteiger partial charge in [-0.05, 0) is 36.4 Å². The topological polar surface area (TPSA) is 68.2 Å². The van der Waals surface area contributed by atoms with Gasteiger partial charge < -0.3 is 9.47 Å². The van der Waals surface area contributed by atoms with Crippen LogP contribution in [0.3, 0.4) is 0 Å². The van der Waals surface area contributed by atoms with Gasteiger partial charge >= 0.3 is 0 Å². The smallest absolute Gasteiger partial charge is 0.252 e. The molecule has 130 valence electrons. The summed E-state index contributed by atoms with van der Waals surface area (Å²) in [4.78, 5) is 32.2. The third kappa shape index (κ3) is 1.77. The fourth-order valence-corrected chi connectivity index (χ4v) is 4.01. The van der Waals surface area contributed by atoms with Gasteiger partial charge in [0.25, 0.3) is 5.72 Å². The number of methoxy groups -OCH3 is 1. The number of hydrogen-bond acceptors (Lipinski definition) is 5. The van der Waals surface area contributed by atoms with Crippen molar-refractivity contribution in [1.29, 1.82) is 0 Å². The van der Waals surface area contributed by atoms with Gasteiger partial charge in [0.2, 0.25) is 11.7 Å². The zero-order valence-corrected chi connectivity index (χ0v) is 14.1. The highest BCUT2D eigenvalue weighted by molar-refractivity contribution is 6.15. The first-order chi connectivity index (χ1) is 12.6. The molecule has 3 aliphatic heterocycles. The fraction of sp³-hybridized carbons (Fsp3) is 0.250. The number of Topliss-reactive ketones (excluding diaryl/α,β-unsaturated/α-hetero) is 1. The minimum atomic E-state index is -1.48. The van der Waals surface area contributed by atoms with E-state index in [1.54, 1.807) is 60.7 Å². The molecule has 0 radical (unpaired) electrons. The lowest BCUT2D eigenvalue weighted by atomic mass is 9.93. The van der Waals surface area contributed by atoms with Crippen molar-refractivity contribution in [2.45, 2.75) is 24.3 Å². The average Bonchev–Trinajstić information content (AvgIpc) is 3.20. The van der Waals surface area contributed by atoms with Gasteiger partial charge in [0.1, 0.15) is 5.75 Å². The summed E-state index contributed by atoms with van der Waals surface area (Å²) in [5.74, 6) is 0.346. The molecule has 26 heavy (non-hydrogen) atoms. The summed E-state index contributed by atoms with van der Waals surface area (Å²) in [7, 11) is 1.58. The number of benzene rings is 2. The second kappa shape index (κ2) is 5.02. The van der Waals surface area contributed by atoms with E-state index in [1.165, 1.54) is 0 Å². The highest BCUT2D eigenvalue weighted by Gasteiger charge is 2.61. The van der Waals surface area contributed by atoms with Crippen LogP contribution in [-0.4, -0.2) is 30.7 Å². The first-order valence-electron chi connectivity index (χ1n) is 8.48. The molecular weight excluding hydrogens is 332 g/mol. The number of hydrogen-bond donors (Lipinski definition) is 0. The predicted octanol–water partition coefficient (Wildman–Crippen LogP) is 2.67. The predicted molar refractivity (Wildman–Crippen MR) is 94.5 cm³/mol. The fourth-order valence-electron chi connectivity index (χ4n) is 4.01. The van der Waals surface area contributed by atoms with Crippen molar-refractivity contribution < 1.29 is 19.1 Å². The van der Waals surface area contributed by atoms with Gasteiger partial charge in [-0.1, -0.05) is 12.1 Å². The zero-order chi connectivity index (χ0) is 17.9. The number of carbonyl (C=O) groups is 2. The second-order valence-electron chi connectivity index (χ2n) is 6.65. The maximum atomic E-state index is 13.5. The van der Waals surface area contributed by atoms with Gasteiger partial charge in [0.05, 0.1) is 19.0 Å². The monoisotopic (exact) mass is 348 g/mol. The Morgan fingerprint density at radius 1 is 1.12 bits per heavy atom. The van der Waals surface area contributed by atoms with Gasteiger partial charge in [0.15, 0.2) is 5.72 Å². The van der Waals surface area contributed by atoms with Crippen LogP contribution < -0.4 is 9.64 Å². The summed E-state index contributed by atoms with van der Waals surface area (Å²) in [5.41, 5.74) is -0.854. The molecule has 2 atom stereocenters. The van der Waals surface area contributed by atoms with E-state index in [9.17, 15) is 9.59 Å². The normalized spacial score (nSPS) is 28.7. The molecule has 0 aromatic heterocycles. The summed E-state index contributed by atoms with van der Waals surface area (Å²) in [6.45, 7) is 0. The minimum absolute atomic E-state index is 0.0656. The standard InChI is InChI=1S/C20H16N2O4/c1-25-14-8-6-13(7-9-14)20-18(24)15-4-2-3-5-16(15)22-17(23)10-11-19(22,26-20)12-21-20/h2-9,12H,10-11H2,1H3. The maximum Gasteiger partial charge on any atom is 0.252 e. The van der Waals surface area contributed by atoms with Crippen LogP contribution in [0.25, 0.3) is 0 Å². The largest absolute Gasteiger partial charge is 0.497 e. The lowest BCUT2D eigenvalue weighted by molar-refractivity contribution is -0.119. The van der Waals surface area contributed by atoms with Crippen LogP contribution in [0.2, 0.25) is 0 Å². The third-order valence-corrected chi connectivity index (χ3v) is 5.28. The number of rotatable bonds is 2. The summed E-state index contributed by atoms with van der Waals surface area (Å²) < 4.78 is 11.5. The highest BCUT2D eigenvalue weighted by Crippen LogP contribution is 2.51. The molecule has 0 N–H and O–H groups in total. The van der Waals surface area contributed by atoms with Gasteiger partial charge in [-0.2, -0.15) is 0 Å². The van der Waals surface area contributed by atoms with Crippen molar-refractivity contribution in [2.75, 3.05) is 12.0 Å². The Morgan fingerprint density at radius 3 is 2.65 bits per heavy atom. The van der Waals surface area contributed by atoms with Crippen LogP contribution >= 0.6 is 0 Å². The Labute approximate surface area is 150 Å². The molecular formula is C20H16N2O4. The molecule has 2 aromatic rings. The van der Waals surface area contributed by atoms with Crippen molar-refractivity contribution in [3.63, 3.8) is 0 Å². The van der Waals surface area contributed by atoms with Crippen LogP contribution in [0.15, 0.2) is 53.5 Å². The number of ether oxygens (including phenoxy) is 2. The van der Waals surface area contributed by atoms with Crippen molar-refractivity contribution in [3.05, 3.63) is 59.7 Å². The first-order valence-corrected chi connectivity index (χ1v) is 8.48. The quantitative estimate of drug-likeness (QED) is 0.837. The summed E-state index contributed by atoms with van der Waals surface area (Å²) >= 11 is 0. The van der Waals surface area contributed by atoms with Crippen molar-refractivity contribution in [1.82, 2.24) is 0 Å². The Balaban J connectivity index is 1.75. The molecule has 1 saturated heterocycles. The van der Waals surface area contributed by atoms with E-state index in [0.717, 1.165) is 0 Å². The minimum Gasteiger partial charge on any atom is -0.497 e. The third-order valence-electron chi connectivity index (χ3n) is 5.28. The Kier molecular flexibility index (Phi) is 2.95. The van der Waals surface area contributed by atoms with E-state index < -0.39 is 11.4 Å². The van der Waals surface area contributed by atoms with Gasteiger partial charge in [-0.3, -0.25) is 14.5 Å². The molecule has 2 unspecified atom stereocenters. The van der Waals surface area contributed by atoms with Crippen LogP contribution in [0.5, 0.6) is 5.75 Å². The van der Waals surface area contributed by atoms with Crippen LogP contribution in [0.1, 0.15) is 28.8 Å². The molecule has 1 amide bonds. The SMILES string of the molecule is COc1ccc(C23N=CC4(CCC(=O)N4c4ccccc4C2=O)O3)cc1. The number of amides is 1. The Morgan fingerprint density at radius 2 is 1.88 bits per heavy atom. The number of anilines is 1. The molecule has 3 heterocycles. The zero-order valence-electron chi connectivity index (χ0n) is 14.1. The van der Waals surface area contributed by atoms with Crippen molar-refractivity contribution in [3.8, 4) is 5.75 Å². The molecule has 5 rings (SSSR count). The Hall–Kier alpha value is -2.99. The molecule has 6 nitrogen and oxygen atoms in total. The molecule has 1 spiro atoms. The number of aliphatic imine (C=N–C) groups is 1. The average molecular weight is 348 g/mol. The summed E-state index contributed by atoms with van der Waals surface area (Å²) in [5, 5.41) is 0. The van der Waals surface area contributed by atoms with E-state index in [0.29, 0.717) is 35.4 Å². The molecule has 1 fully saturated rings. The van der Waals surface area contributed by atoms with E-state index in [-0.39, 0.29) is 11.7 Å². The highest BCUT2D eigenvalue weighted by atomic mass is 16.6. The maximum absolute atomic E-state index is 13.5. The number of carbonyl (C=O) groups excluding carboxylic acids is 2. The molecule has 0 saturated carbocycles. The number of nitrogens with zero attached hydrogens (tertiary/aromatic N) is 2. The molecule has 3 aliphatic rings. The van der Waals surface area contributed by atoms with Crippen LogP contribution in [0, 0.1) is 0 Å². The van der Waals surface area contributed by atoms with E-state index >= 15 is 0 Å². The van der Waals surface area contributed by atoms with E-state index in [4.69, 9.17) is 9.47 Å². The first kappa shape index (κ1) is 15.3. The molecule has 2 aromatic carbocycles. The van der Waals surface area contributed by atoms with Crippen LogP contribution in [0.4, 0.5) is 5.69 Å². The molecule has 2 bridgehead atoms.